The van der Waals surface area contributed by atoms with Crippen LogP contribution in [-0.2, 0) is 0 Å². The van der Waals surface area contributed by atoms with Gasteiger partial charge in [0.15, 0.2) is 0 Å². The quantitative estimate of drug-likeness (QED) is 0.891. The molecule has 1 saturated heterocycles. The number of ether oxygens (including phenoxy) is 1. The maximum absolute atomic E-state index is 12.7. The van der Waals surface area contributed by atoms with Crippen molar-refractivity contribution in [2.75, 3.05) is 19.6 Å². The monoisotopic (exact) mass is 375 g/mol. The first-order valence-electron chi connectivity index (χ1n) is 7.55. The van der Waals surface area contributed by atoms with Gasteiger partial charge in [-0.25, -0.2) is 4.98 Å². The number of likely N-dealkylation sites (tertiary alicyclic amines) is 1. The lowest BCUT2D eigenvalue weighted by Crippen LogP contribution is -2.30. The third-order valence-electron chi connectivity index (χ3n) is 3.92. The fourth-order valence-electron chi connectivity index (χ4n) is 2.66. The second-order valence-electron chi connectivity index (χ2n) is 5.56. The van der Waals surface area contributed by atoms with Crippen molar-refractivity contribution in [3.05, 3.63) is 52.6 Å². The zero-order chi connectivity index (χ0) is 16.2. The van der Waals surface area contributed by atoms with E-state index in [0.717, 1.165) is 17.4 Å². The smallest absolute Gasteiger partial charge is 0.259 e. The molecule has 120 valence electrons. The van der Waals surface area contributed by atoms with Crippen molar-refractivity contribution in [2.45, 2.75) is 6.42 Å². The van der Waals surface area contributed by atoms with E-state index in [9.17, 15) is 4.79 Å². The first-order chi connectivity index (χ1) is 11.2. The van der Waals surface area contributed by atoms with Gasteiger partial charge in [0.25, 0.3) is 5.91 Å². The van der Waals surface area contributed by atoms with Gasteiger partial charge in [0.2, 0.25) is 5.88 Å². The van der Waals surface area contributed by atoms with E-state index in [2.05, 4.69) is 20.9 Å². The molecular formula is C17H18BrN3O2. The molecule has 1 unspecified atom stereocenters. The molecule has 23 heavy (non-hydrogen) atoms. The molecule has 0 saturated carbocycles. The molecule has 3 rings (SSSR count). The number of carbonyl (C=O) groups is 1. The van der Waals surface area contributed by atoms with Gasteiger partial charge in [0.05, 0.1) is 0 Å². The number of hydrogen-bond donors (Lipinski definition) is 1. The Morgan fingerprint density at radius 2 is 2.26 bits per heavy atom. The predicted octanol–water partition coefficient (Wildman–Crippen LogP) is 3.06. The average Bonchev–Trinajstić information content (AvgIpc) is 3.04. The number of nitrogens with two attached hydrogens (primary N) is 1. The summed E-state index contributed by atoms with van der Waals surface area (Å²) in [7, 11) is 0. The topological polar surface area (TPSA) is 68.5 Å². The van der Waals surface area contributed by atoms with Crippen LogP contribution in [0.3, 0.4) is 0 Å². The highest BCUT2D eigenvalue weighted by Gasteiger charge is 2.28. The van der Waals surface area contributed by atoms with Crippen LogP contribution in [0.1, 0.15) is 16.8 Å². The second-order valence-corrected chi connectivity index (χ2v) is 6.47. The van der Waals surface area contributed by atoms with E-state index in [0.29, 0.717) is 36.2 Å². The van der Waals surface area contributed by atoms with Crippen molar-refractivity contribution in [3.8, 4) is 11.6 Å². The SMILES string of the molecule is NCC1CCN(C(=O)c2cccnc2Oc2cccc(Br)c2)C1. The largest absolute Gasteiger partial charge is 0.438 e. The predicted molar refractivity (Wildman–Crippen MR) is 91.5 cm³/mol. The summed E-state index contributed by atoms with van der Waals surface area (Å²) in [5.41, 5.74) is 6.18. The first-order valence-corrected chi connectivity index (χ1v) is 8.34. The molecule has 1 atom stereocenters. The van der Waals surface area contributed by atoms with E-state index >= 15 is 0 Å². The van der Waals surface area contributed by atoms with Gasteiger partial charge in [-0.3, -0.25) is 4.79 Å². The van der Waals surface area contributed by atoms with Crippen LogP contribution < -0.4 is 10.5 Å². The molecule has 2 N–H and O–H groups in total. The third kappa shape index (κ3) is 3.71. The molecule has 6 heteroatoms. The number of benzene rings is 1. The number of pyridine rings is 1. The zero-order valence-electron chi connectivity index (χ0n) is 12.6. The summed E-state index contributed by atoms with van der Waals surface area (Å²) in [6, 6.07) is 10.9. The van der Waals surface area contributed by atoms with Crippen LogP contribution in [0.2, 0.25) is 0 Å². The van der Waals surface area contributed by atoms with E-state index in [1.165, 1.54) is 0 Å². The Morgan fingerprint density at radius 3 is 3.00 bits per heavy atom. The van der Waals surface area contributed by atoms with Crippen molar-refractivity contribution in [1.82, 2.24) is 9.88 Å². The number of nitrogens with zero attached hydrogens (tertiary/aromatic N) is 2. The lowest BCUT2D eigenvalue weighted by atomic mass is 10.1. The second kappa shape index (κ2) is 7.10. The molecule has 0 bridgehead atoms. The van der Waals surface area contributed by atoms with Crippen LogP contribution >= 0.6 is 15.9 Å². The molecule has 2 aromatic rings. The molecule has 1 aromatic heterocycles. The summed E-state index contributed by atoms with van der Waals surface area (Å²) in [5.74, 6) is 1.28. The molecule has 1 fully saturated rings. The van der Waals surface area contributed by atoms with Crippen LogP contribution in [0.4, 0.5) is 0 Å². The molecule has 1 aromatic carbocycles. The van der Waals surface area contributed by atoms with Crippen molar-refractivity contribution in [3.63, 3.8) is 0 Å². The van der Waals surface area contributed by atoms with Crippen LogP contribution in [0.5, 0.6) is 11.6 Å². The first kappa shape index (κ1) is 16.0. The Labute approximate surface area is 143 Å². The van der Waals surface area contributed by atoms with Crippen molar-refractivity contribution < 1.29 is 9.53 Å². The summed E-state index contributed by atoms with van der Waals surface area (Å²) >= 11 is 3.40. The highest BCUT2D eigenvalue weighted by atomic mass is 79.9. The van der Waals surface area contributed by atoms with Gasteiger partial charge in [-0.15, -0.1) is 0 Å². The average molecular weight is 376 g/mol. The third-order valence-corrected chi connectivity index (χ3v) is 4.41. The molecule has 1 amide bonds. The number of hydrogen-bond acceptors (Lipinski definition) is 4. The Kier molecular flexibility index (Phi) is 4.93. The Bertz CT molecular complexity index is 708. The van der Waals surface area contributed by atoms with Crippen LogP contribution in [-0.4, -0.2) is 35.4 Å². The van der Waals surface area contributed by atoms with E-state index in [-0.39, 0.29) is 5.91 Å². The summed E-state index contributed by atoms with van der Waals surface area (Å²) < 4.78 is 6.72. The van der Waals surface area contributed by atoms with Gasteiger partial charge in [-0.1, -0.05) is 22.0 Å². The maximum atomic E-state index is 12.7. The zero-order valence-corrected chi connectivity index (χ0v) is 14.2. The van der Waals surface area contributed by atoms with Crippen LogP contribution in [0.15, 0.2) is 47.1 Å². The number of carbonyl (C=O) groups excluding carboxylic acids is 1. The summed E-state index contributed by atoms with van der Waals surface area (Å²) in [6.45, 7) is 2.03. The number of halogens is 1. The Morgan fingerprint density at radius 1 is 1.39 bits per heavy atom. The highest BCUT2D eigenvalue weighted by molar-refractivity contribution is 9.10. The molecule has 2 heterocycles. The minimum absolute atomic E-state index is 0.0564. The lowest BCUT2D eigenvalue weighted by molar-refractivity contribution is 0.0784. The molecular weight excluding hydrogens is 358 g/mol. The van der Waals surface area contributed by atoms with Crippen molar-refractivity contribution in [2.24, 2.45) is 11.7 Å². The fourth-order valence-corrected chi connectivity index (χ4v) is 3.04. The summed E-state index contributed by atoms with van der Waals surface area (Å²) in [6.07, 6.45) is 2.57. The van der Waals surface area contributed by atoms with E-state index < -0.39 is 0 Å². The molecule has 1 aliphatic rings. The molecule has 1 aliphatic heterocycles. The Hall–Kier alpha value is -1.92. The van der Waals surface area contributed by atoms with Gasteiger partial charge in [0, 0.05) is 23.8 Å². The fraction of sp³-hybridized carbons (Fsp3) is 0.294. The minimum atomic E-state index is -0.0564. The molecule has 0 aliphatic carbocycles. The van der Waals surface area contributed by atoms with Crippen LogP contribution in [0, 0.1) is 5.92 Å². The van der Waals surface area contributed by atoms with Crippen molar-refractivity contribution in [1.29, 1.82) is 0 Å². The molecule has 5 nitrogen and oxygen atoms in total. The number of amides is 1. The van der Waals surface area contributed by atoms with Crippen LogP contribution in [0.25, 0.3) is 0 Å². The van der Waals surface area contributed by atoms with Gasteiger partial charge < -0.3 is 15.4 Å². The van der Waals surface area contributed by atoms with Gasteiger partial charge in [-0.2, -0.15) is 0 Å². The van der Waals surface area contributed by atoms with E-state index in [1.807, 2.05) is 29.2 Å². The van der Waals surface area contributed by atoms with Gasteiger partial charge >= 0.3 is 0 Å². The minimum Gasteiger partial charge on any atom is -0.438 e. The maximum Gasteiger partial charge on any atom is 0.259 e. The normalized spacial score (nSPS) is 17.3. The number of rotatable bonds is 4. The summed E-state index contributed by atoms with van der Waals surface area (Å²) in [5, 5.41) is 0. The van der Waals surface area contributed by atoms with Crippen molar-refractivity contribution >= 4 is 21.8 Å². The van der Waals surface area contributed by atoms with E-state index in [1.54, 1.807) is 18.3 Å². The molecule has 0 radical (unpaired) electrons. The Balaban J connectivity index is 1.82. The lowest BCUT2D eigenvalue weighted by Gasteiger charge is -2.18. The summed E-state index contributed by atoms with van der Waals surface area (Å²) in [4.78, 5) is 18.8. The number of aromatic nitrogens is 1. The molecule has 0 spiro atoms. The standard InChI is InChI=1S/C17H18BrN3O2/c18-13-3-1-4-14(9-13)23-16-15(5-2-7-20-16)17(22)21-8-6-12(10-19)11-21/h1-5,7,9,12H,6,8,10-11,19H2. The van der Waals surface area contributed by atoms with Gasteiger partial charge in [-0.05, 0) is 49.2 Å². The highest BCUT2D eigenvalue weighted by Crippen LogP contribution is 2.27. The van der Waals surface area contributed by atoms with Gasteiger partial charge in [0.1, 0.15) is 11.3 Å². The van der Waals surface area contributed by atoms with E-state index in [4.69, 9.17) is 10.5 Å².